The van der Waals surface area contributed by atoms with Crippen molar-refractivity contribution < 1.29 is 9.53 Å². The molecule has 0 aromatic heterocycles. The topological polar surface area (TPSA) is 41.6 Å². The van der Waals surface area contributed by atoms with Crippen LogP contribution in [0.1, 0.15) is 46.5 Å². The number of carbonyl (C=O) groups is 1. The lowest BCUT2D eigenvalue weighted by molar-refractivity contribution is -0.146. The first-order valence-electron chi connectivity index (χ1n) is 7.67. The van der Waals surface area contributed by atoms with E-state index in [-0.39, 0.29) is 12.0 Å². The number of ether oxygens (including phenoxy) is 1. The molecule has 0 aromatic rings. The van der Waals surface area contributed by atoms with Crippen molar-refractivity contribution in [3.63, 3.8) is 0 Å². The van der Waals surface area contributed by atoms with E-state index in [0.29, 0.717) is 12.0 Å². The van der Waals surface area contributed by atoms with Gasteiger partial charge in [-0.2, -0.15) is 0 Å². The minimum Gasteiger partial charge on any atom is -0.465 e. The summed E-state index contributed by atoms with van der Waals surface area (Å²) in [6, 6.07) is -0.198. The summed E-state index contributed by atoms with van der Waals surface area (Å²) in [7, 11) is 1.83. The molecular weight excluding hydrogens is 240 g/mol. The van der Waals surface area contributed by atoms with Gasteiger partial charge in [-0.25, -0.2) is 0 Å². The molecule has 1 rings (SSSR count). The Kier molecular flexibility index (Phi) is 6.80. The Morgan fingerprint density at radius 2 is 1.84 bits per heavy atom. The van der Waals surface area contributed by atoms with Gasteiger partial charge in [0, 0.05) is 6.54 Å². The maximum Gasteiger partial charge on any atom is 0.324 e. The van der Waals surface area contributed by atoms with Gasteiger partial charge in [-0.3, -0.25) is 4.79 Å². The molecule has 0 aliphatic carbocycles. The van der Waals surface area contributed by atoms with Crippen molar-refractivity contribution in [3.8, 4) is 0 Å². The van der Waals surface area contributed by atoms with Crippen LogP contribution in [0.5, 0.6) is 0 Å². The molecule has 1 unspecified atom stereocenters. The molecule has 0 saturated carbocycles. The Morgan fingerprint density at radius 1 is 1.26 bits per heavy atom. The van der Waals surface area contributed by atoms with Gasteiger partial charge in [0.05, 0.1) is 6.61 Å². The zero-order valence-corrected chi connectivity index (χ0v) is 13.0. The monoisotopic (exact) mass is 270 g/mol. The quantitative estimate of drug-likeness (QED) is 0.719. The second-order valence-corrected chi connectivity index (χ2v) is 5.60. The molecule has 1 atom stereocenters. The standard InChI is InChI=1S/C15H30N2O2/c1-5-15(6-2)8-10-17(11-9-15)12-13(16-4)14(18)19-7-3/h13,16H,5-12H2,1-4H3. The lowest BCUT2D eigenvalue weighted by Crippen LogP contribution is -2.49. The van der Waals surface area contributed by atoms with Crippen LogP contribution in [0.3, 0.4) is 0 Å². The Bertz CT molecular complexity index is 267. The van der Waals surface area contributed by atoms with Crippen LogP contribution in [0.25, 0.3) is 0 Å². The van der Waals surface area contributed by atoms with Crippen LogP contribution in [0.4, 0.5) is 0 Å². The molecule has 0 bridgehead atoms. The summed E-state index contributed by atoms with van der Waals surface area (Å²) in [5, 5.41) is 3.07. The molecule has 4 nitrogen and oxygen atoms in total. The van der Waals surface area contributed by atoms with Gasteiger partial charge < -0.3 is 15.0 Å². The zero-order chi connectivity index (χ0) is 14.3. The number of piperidine rings is 1. The van der Waals surface area contributed by atoms with Crippen LogP contribution in [-0.2, 0) is 9.53 Å². The van der Waals surface area contributed by atoms with Gasteiger partial charge in [0.25, 0.3) is 0 Å². The van der Waals surface area contributed by atoms with E-state index in [4.69, 9.17) is 4.74 Å². The second-order valence-electron chi connectivity index (χ2n) is 5.60. The number of nitrogens with one attached hydrogen (secondary N) is 1. The van der Waals surface area contributed by atoms with Gasteiger partial charge >= 0.3 is 5.97 Å². The summed E-state index contributed by atoms with van der Waals surface area (Å²) in [5.41, 5.74) is 0.537. The summed E-state index contributed by atoms with van der Waals surface area (Å²) in [6.07, 6.45) is 5.04. The fraction of sp³-hybridized carbons (Fsp3) is 0.933. The second kappa shape index (κ2) is 7.85. The maximum absolute atomic E-state index is 11.8. The highest BCUT2D eigenvalue weighted by atomic mass is 16.5. The van der Waals surface area contributed by atoms with Crippen LogP contribution in [0.2, 0.25) is 0 Å². The number of hydrogen-bond acceptors (Lipinski definition) is 4. The predicted octanol–water partition coefficient (Wildman–Crippen LogP) is 2.04. The summed E-state index contributed by atoms with van der Waals surface area (Å²) in [6.45, 7) is 9.86. The van der Waals surface area contributed by atoms with Crippen molar-refractivity contribution in [3.05, 3.63) is 0 Å². The fourth-order valence-corrected chi connectivity index (χ4v) is 2.95. The van der Waals surface area contributed by atoms with E-state index in [0.717, 1.165) is 19.6 Å². The SMILES string of the molecule is CCOC(=O)C(CN1CCC(CC)(CC)CC1)NC. The molecular formula is C15H30N2O2. The number of nitrogens with zero attached hydrogens (tertiary/aromatic N) is 1. The molecule has 0 amide bonds. The van der Waals surface area contributed by atoms with Crippen molar-refractivity contribution in [2.24, 2.45) is 5.41 Å². The normalized spacial score (nSPS) is 21.1. The first-order valence-corrected chi connectivity index (χ1v) is 7.67. The number of esters is 1. The number of carbonyl (C=O) groups excluding carboxylic acids is 1. The van der Waals surface area contributed by atoms with E-state index in [2.05, 4.69) is 24.1 Å². The molecule has 1 aliphatic heterocycles. The molecule has 0 spiro atoms. The Balaban J connectivity index is 2.45. The number of likely N-dealkylation sites (tertiary alicyclic amines) is 1. The van der Waals surface area contributed by atoms with E-state index < -0.39 is 0 Å². The molecule has 1 heterocycles. The number of rotatable bonds is 7. The van der Waals surface area contributed by atoms with Crippen LogP contribution in [0.15, 0.2) is 0 Å². The van der Waals surface area contributed by atoms with E-state index in [1.54, 1.807) is 0 Å². The third-order valence-corrected chi connectivity index (χ3v) is 4.78. The minimum atomic E-state index is -0.198. The van der Waals surface area contributed by atoms with Gasteiger partial charge in [0.1, 0.15) is 6.04 Å². The van der Waals surface area contributed by atoms with E-state index in [1.165, 1.54) is 25.7 Å². The van der Waals surface area contributed by atoms with Crippen molar-refractivity contribution in [2.75, 3.05) is 33.3 Å². The van der Waals surface area contributed by atoms with Crippen LogP contribution < -0.4 is 5.32 Å². The highest BCUT2D eigenvalue weighted by Crippen LogP contribution is 2.37. The molecule has 1 N–H and O–H groups in total. The highest BCUT2D eigenvalue weighted by molar-refractivity contribution is 5.76. The van der Waals surface area contributed by atoms with Crippen molar-refractivity contribution in [1.29, 1.82) is 0 Å². The fourth-order valence-electron chi connectivity index (χ4n) is 2.95. The van der Waals surface area contributed by atoms with Crippen LogP contribution in [0, 0.1) is 5.41 Å². The highest BCUT2D eigenvalue weighted by Gasteiger charge is 2.32. The number of hydrogen-bond donors (Lipinski definition) is 1. The zero-order valence-electron chi connectivity index (χ0n) is 13.0. The summed E-state index contributed by atoms with van der Waals surface area (Å²) < 4.78 is 5.09. The molecule has 0 aromatic carbocycles. The van der Waals surface area contributed by atoms with Gasteiger partial charge in [0.2, 0.25) is 0 Å². The minimum absolute atomic E-state index is 0.132. The van der Waals surface area contributed by atoms with Crippen molar-refractivity contribution >= 4 is 5.97 Å². The average molecular weight is 270 g/mol. The third kappa shape index (κ3) is 4.46. The van der Waals surface area contributed by atoms with Crippen LogP contribution >= 0.6 is 0 Å². The third-order valence-electron chi connectivity index (χ3n) is 4.78. The van der Waals surface area contributed by atoms with Crippen molar-refractivity contribution in [2.45, 2.75) is 52.5 Å². The van der Waals surface area contributed by atoms with Gasteiger partial charge in [-0.1, -0.05) is 26.7 Å². The largest absolute Gasteiger partial charge is 0.465 e. The maximum atomic E-state index is 11.8. The first-order chi connectivity index (χ1) is 9.10. The van der Waals surface area contributed by atoms with Gasteiger partial charge in [0.15, 0.2) is 0 Å². The van der Waals surface area contributed by atoms with Gasteiger partial charge in [-0.05, 0) is 45.3 Å². The first kappa shape index (κ1) is 16.4. The molecule has 19 heavy (non-hydrogen) atoms. The molecule has 1 aliphatic rings. The van der Waals surface area contributed by atoms with Gasteiger partial charge in [-0.15, -0.1) is 0 Å². The summed E-state index contributed by atoms with van der Waals surface area (Å²) >= 11 is 0. The lowest BCUT2D eigenvalue weighted by atomic mass is 9.74. The molecule has 1 fully saturated rings. The van der Waals surface area contributed by atoms with E-state index >= 15 is 0 Å². The van der Waals surface area contributed by atoms with E-state index in [9.17, 15) is 4.79 Å². The summed E-state index contributed by atoms with van der Waals surface area (Å²) in [5.74, 6) is -0.132. The Hall–Kier alpha value is -0.610. The predicted molar refractivity (Wildman–Crippen MR) is 78.2 cm³/mol. The van der Waals surface area contributed by atoms with Crippen LogP contribution in [-0.4, -0.2) is 50.2 Å². The number of likely N-dealkylation sites (N-methyl/N-ethyl adjacent to an activating group) is 1. The Labute approximate surface area is 117 Å². The Morgan fingerprint density at radius 3 is 2.26 bits per heavy atom. The molecule has 112 valence electrons. The van der Waals surface area contributed by atoms with Crippen molar-refractivity contribution in [1.82, 2.24) is 10.2 Å². The lowest BCUT2D eigenvalue weighted by Gasteiger charge is -2.41. The molecule has 0 radical (unpaired) electrons. The van der Waals surface area contributed by atoms with E-state index in [1.807, 2.05) is 14.0 Å². The smallest absolute Gasteiger partial charge is 0.324 e. The summed E-state index contributed by atoms with van der Waals surface area (Å²) in [4.78, 5) is 14.2. The average Bonchev–Trinajstić information content (AvgIpc) is 2.45. The molecule has 1 saturated heterocycles. The molecule has 4 heteroatoms.